The fraction of sp³-hybridized carbons (Fsp3) is 0.143. The van der Waals surface area contributed by atoms with Crippen molar-refractivity contribution in [2.45, 2.75) is 13.8 Å². The van der Waals surface area contributed by atoms with Crippen molar-refractivity contribution in [1.82, 2.24) is 4.57 Å². The molecule has 1 N–H and O–H groups in total. The normalized spacial score (nSPS) is 10.5. The smallest absolute Gasteiger partial charge is 0.341 e. The van der Waals surface area contributed by atoms with Gasteiger partial charge in [0.25, 0.3) is 0 Å². The van der Waals surface area contributed by atoms with Gasteiger partial charge in [-0.05, 0) is 26.0 Å². The van der Waals surface area contributed by atoms with Crippen molar-refractivity contribution < 1.29 is 9.90 Å². The molecule has 0 fully saturated rings. The topological polar surface area (TPSA) is 59.3 Å². The summed E-state index contributed by atoms with van der Waals surface area (Å²) in [5, 5.41) is 9.63. The number of hydrogen-bond donors (Lipinski definition) is 1. The number of hydrogen-bond acceptors (Lipinski definition) is 2. The molecule has 1 heterocycles. The van der Waals surface area contributed by atoms with E-state index in [1.807, 2.05) is 0 Å². The summed E-state index contributed by atoms with van der Waals surface area (Å²) in [5.41, 5.74) is 0.934. The van der Waals surface area contributed by atoms with Crippen molar-refractivity contribution >= 4 is 17.6 Å². The van der Waals surface area contributed by atoms with Crippen LogP contribution in [0.25, 0.3) is 5.69 Å². The Hall–Kier alpha value is -2.07. The van der Waals surface area contributed by atoms with Gasteiger partial charge >= 0.3 is 5.97 Å². The Morgan fingerprint density at radius 1 is 1.26 bits per heavy atom. The molecule has 0 amide bonds. The molecule has 1 aromatic carbocycles. The molecule has 0 radical (unpaired) electrons. The molecule has 0 saturated carbocycles. The molecule has 1 aromatic heterocycles. The summed E-state index contributed by atoms with van der Waals surface area (Å²) in [6, 6.07) is 8.39. The Morgan fingerprint density at radius 3 is 2.47 bits per heavy atom. The van der Waals surface area contributed by atoms with E-state index in [0.29, 0.717) is 22.1 Å². The third-order valence-corrected chi connectivity index (χ3v) is 3.26. The molecule has 98 valence electrons. The summed E-state index contributed by atoms with van der Waals surface area (Å²) in [6.07, 6.45) is 0. The van der Waals surface area contributed by atoms with Gasteiger partial charge in [0.2, 0.25) is 0 Å². The lowest BCUT2D eigenvalue weighted by molar-refractivity contribution is 0.0694. The molecule has 0 aliphatic heterocycles. The molecule has 5 heteroatoms. The van der Waals surface area contributed by atoms with Crippen LogP contribution in [-0.4, -0.2) is 15.6 Å². The van der Waals surface area contributed by atoms with Crippen LogP contribution >= 0.6 is 11.6 Å². The lowest BCUT2D eigenvalue weighted by atomic mass is 10.1. The highest BCUT2D eigenvalue weighted by Gasteiger charge is 2.18. The first-order valence-electron chi connectivity index (χ1n) is 5.65. The SMILES string of the molecule is Cc1cc(=O)c(C(=O)O)c(C)n1-c1ccccc1Cl. The van der Waals surface area contributed by atoms with Gasteiger partial charge in [-0.15, -0.1) is 0 Å². The van der Waals surface area contributed by atoms with Crippen LogP contribution in [0.15, 0.2) is 35.1 Å². The monoisotopic (exact) mass is 277 g/mol. The minimum atomic E-state index is -1.23. The molecule has 0 bridgehead atoms. The maximum atomic E-state index is 11.7. The largest absolute Gasteiger partial charge is 0.477 e. The van der Waals surface area contributed by atoms with E-state index < -0.39 is 11.4 Å². The summed E-state index contributed by atoms with van der Waals surface area (Å²) < 4.78 is 1.67. The van der Waals surface area contributed by atoms with E-state index in [0.717, 1.165) is 0 Å². The van der Waals surface area contributed by atoms with Crippen LogP contribution in [0.4, 0.5) is 0 Å². The van der Waals surface area contributed by atoms with Gasteiger partial charge in [0.05, 0.1) is 10.7 Å². The minimum Gasteiger partial charge on any atom is -0.477 e. The number of para-hydroxylation sites is 1. The Kier molecular flexibility index (Phi) is 3.44. The molecule has 19 heavy (non-hydrogen) atoms. The van der Waals surface area contributed by atoms with Gasteiger partial charge in [0.15, 0.2) is 5.43 Å². The Bertz CT molecular complexity index is 719. The van der Waals surface area contributed by atoms with Crippen molar-refractivity contribution in [2.75, 3.05) is 0 Å². The van der Waals surface area contributed by atoms with Gasteiger partial charge in [-0.25, -0.2) is 4.79 Å². The van der Waals surface area contributed by atoms with E-state index in [4.69, 9.17) is 16.7 Å². The van der Waals surface area contributed by atoms with Gasteiger partial charge in [0, 0.05) is 17.5 Å². The third kappa shape index (κ3) is 2.27. The molecule has 0 spiro atoms. The number of pyridine rings is 1. The molecule has 2 rings (SSSR count). The zero-order valence-electron chi connectivity index (χ0n) is 10.5. The standard InChI is InChI=1S/C14H12ClNO3/c1-8-7-12(17)13(14(18)19)9(2)16(8)11-6-4-3-5-10(11)15/h3-7H,1-2H3,(H,18,19). The quantitative estimate of drug-likeness (QED) is 0.918. The molecule has 2 aromatic rings. The lowest BCUT2D eigenvalue weighted by Gasteiger charge is -2.17. The van der Waals surface area contributed by atoms with Crippen LogP contribution < -0.4 is 5.43 Å². The highest BCUT2D eigenvalue weighted by molar-refractivity contribution is 6.32. The molecular formula is C14H12ClNO3. The number of carboxylic acids is 1. The predicted octanol–water partition coefficient (Wildman–Crippen LogP) is 2.81. The van der Waals surface area contributed by atoms with Crippen molar-refractivity contribution in [3.05, 3.63) is 62.5 Å². The zero-order valence-corrected chi connectivity index (χ0v) is 11.2. The maximum absolute atomic E-state index is 11.7. The van der Waals surface area contributed by atoms with Crippen molar-refractivity contribution in [3.8, 4) is 5.69 Å². The van der Waals surface area contributed by atoms with Gasteiger partial charge in [0.1, 0.15) is 5.56 Å². The van der Waals surface area contributed by atoms with Gasteiger partial charge in [-0.1, -0.05) is 23.7 Å². The van der Waals surface area contributed by atoms with Gasteiger partial charge in [-0.3, -0.25) is 4.79 Å². The van der Waals surface area contributed by atoms with E-state index in [-0.39, 0.29) is 5.56 Å². The summed E-state index contributed by atoms with van der Waals surface area (Å²) in [4.78, 5) is 22.9. The molecule has 4 nitrogen and oxygen atoms in total. The van der Waals surface area contributed by atoms with E-state index in [1.165, 1.54) is 6.07 Å². The van der Waals surface area contributed by atoms with Crippen LogP contribution in [0, 0.1) is 13.8 Å². The number of nitrogens with zero attached hydrogens (tertiary/aromatic N) is 1. The number of halogens is 1. The maximum Gasteiger partial charge on any atom is 0.341 e. The fourth-order valence-electron chi connectivity index (χ4n) is 2.14. The summed E-state index contributed by atoms with van der Waals surface area (Å²) >= 11 is 6.13. The number of aromatic carboxylic acids is 1. The van der Waals surface area contributed by atoms with Crippen molar-refractivity contribution in [1.29, 1.82) is 0 Å². The zero-order chi connectivity index (χ0) is 14.2. The Morgan fingerprint density at radius 2 is 1.89 bits per heavy atom. The van der Waals surface area contributed by atoms with E-state index in [2.05, 4.69) is 0 Å². The summed E-state index contributed by atoms with van der Waals surface area (Å²) in [7, 11) is 0. The van der Waals surface area contributed by atoms with Crippen molar-refractivity contribution in [2.24, 2.45) is 0 Å². The number of aryl methyl sites for hydroxylation is 1. The first-order valence-corrected chi connectivity index (χ1v) is 6.02. The Balaban J connectivity index is 2.86. The predicted molar refractivity (Wildman–Crippen MR) is 73.5 cm³/mol. The number of carbonyl (C=O) groups is 1. The number of carboxylic acid groups (broad SMARTS) is 1. The van der Waals surface area contributed by atoms with Crippen LogP contribution in [0.5, 0.6) is 0 Å². The minimum absolute atomic E-state index is 0.231. The average Bonchev–Trinajstić information content (AvgIpc) is 2.30. The third-order valence-electron chi connectivity index (χ3n) is 2.94. The second-order valence-corrected chi connectivity index (χ2v) is 4.61. The van der Waals surface area contributed by atoms with E-state index in [9.17, 15) is 9.59 Å². The van der Waals surface area contributed by atoms with E-state index >= 15 is 0 Å². The number of benzene rings is 1. The van der Waals surface area contributed by atoms with Crippen LogP contribution in [0.3, 0.4) is 0 Å². The summed E-state index contributed by atoms with van der Waals surface area (Å²) in [6.45, 7) is 3.34. The molecule has 0 aliphatic carbocycles. The van der Waals surface area contributed by atoms with Crippen molar-refractivity contribution in [3.63, 3.8) is 0 Å². The van der Waals surface area contributed by atoms with Crippen LogP contribution in [-0.2, 0) is 0 Å². The second-order valence-electron chi connectivity index (χ2n) is 4.20. The average molecular weight is 278 g/mol. The molecule has 0 saturated heterocycles. The molecule has 0 atom stereocenters. The first-order chi connectivity index (χ1) is 8.93. The Labute approximate surface area is 114 Å². The highest BCUT2D eigenvalue weighted by atomic mass is 35.5. The van der Waals surface area contributed by atoms with Gasteiger partial charge < -0.3 is 9.67 Å². The molecule has 0 unspecified atom stereocenters. The van der Waals surface area contributed by atoms with Gasteiger partial charge in [-0.2, -0.15) is 0 Å². The summed E-state index contributed by atoms with van der Waals surface area (Å²) in [5.74, 6) is -1.23. The molecule has 0 aliphatic rings. The fourth-order valence-corrected chi connectivity index (χ4v) is 2.37. The first kappa shape index (κ1) is 13.4. The van der Waals surface area contributed by atoms with Crippen LogP contribution in [0.2, 0.25) is 5.02 Å². The van der Waals surface area contributed by atoms with E-state index in [1.54, 1.807) is 42.7 Å². The highest BCUT2D eigenvalue weighted by Crippen LogP contribution is 2.23. The van der Waals surface area contributed by atoms with Crippen LogP contribution in [0.1, 0.15) is 21.7 Å². The lowest BCUT2D eigenvalue weighted by Crippen LogP contribution is -2.22. The number of rotatable bonds is 2. The number of aromatic nitrogens is 1. The molecular weight excluding hydrogens is 266 g/mol. The second kappa shape index (κ2) is 4.90.